The number of hydrogen-bond acceptors (Lipinski definition) is 3. The average molecular weight is 397 g/mol. The molecule has 1 unspecified atom stereocenters. The highest BCUT2D eigenvalue weighted by atomic mass is 79.9. The van der Waals surface area contributed by atoms with Gasteiger partial charge in [-0.25, -0.2) is 9.78 Å². The number of nitrogens with zero attached hydrogens (tertiary/aromatic N) is 1. The summed E-state index contributed by atoms with van der Waals surface area (Å²) in [6, 6.07) is 13.8. The Morgan fingerprint density at radius 1 is 1.26 bits per heavy atom. The van der Waals surface area contributed by atoms with Crippen molar-refractivity contribution in [1.29, 1.82) is 0 Å². The molecule has 0 saturated carbocycles. The Morgan fingerprint density at radius 3 is 2.70 bits per heavy atom. The molecule has 0 heterocycles. The van der Waals surface area contributed by atoms with E-state index in [4.69, 9.17) is 21.5 Å². The van der Waals surface area contributed by atoms with Crippen molar-refractivity contribution >= 4 is 33.7 Å². The van der Waals surface area contributed by atoms with Gasteiger partial charge in [-0.1, -0.05) is 57.9 Å². The largest absolute Gasteiger partial charge is 0.284 e. The zero-order chi connectivity index (χ0) is 16.7. The predicted octanol–water partition coefficient (Wildman–Crippen LogP) is 5.54. The summed E-state index contributed by atoms with van der Waals surface area (Å²) in [6.07, 6.45) is 2.58. The van der Waals surface area contributed by atoms with Gasteiger partial charge in [0, 0.05) is 22.1 Å². The zero-order valence-corrected chi connectivity index (χ0v) is 15.5. The van der Waals surface area contributed by atoms with Crippen LogP contribution < -0.4 is 0 Å². The number of rotatable bonds is 7. The fourth-order valence-electron chi connectivity index (χ4n) is 2.28. The highest BCUT2D eigenvalue weighted by Crippen LogP contribution is 2.32. The van der Waals surface area contributed by atoms with E-state index in [1.165, 1.54) is 7.11 Å². The van der Waals surface area contributed by atoms with Crippen molar-refractivity contribution in [2.45, 2.75) is 19.4 Å². The lowest BCUT2D eigenvalue weighted by atomic mass is 9.99. The van der Waals surface area contributed by atoms with Gasteiger partial charge < -0.3 is 0 Å². The van der Waals surface area contributed by atoms with Crippen LogP contribution in [0.5, 0.6) is 0 Å². The molecule has 2 rings (SSSR count). The number of benzene rings is 2. The summed E-state index contributed by atoms with van der Waals surface area (Å²) in [5.41, 5.74) is 3.27. The molecule has 0 spiro atoms. The van der Waals surface area contributed by atoms with Gasteiger partial charge in [-0.3, -0.25) is 4.99 Å². The van der Waals surface area contributed by atoms with E-state index >= 15 is 0 Å². The molecule has 0 bridgehead atoms. The molecule has 5 heteroatoms. The monoisotopic (exact) mass is 395 g/mol. The van der Waals surface area contributed by atoms with Crippen LogP contribution in [-0.2, 0) is 9.78 Å². The van der Waals surface area contributed by atoms with Crippen LogP contribution >= 0.6 is 27.5 Å². The van der Waals surface area contributed by atoms with Crippen molar-refractivity contribution in [3.05, 3.63) is 68.7 Å². The Balaban J connectivity index is 2.28. The van der Waals surface area contributed by atoms with Crippen molar-refractivity contribution in [2.75, 3.05) is 13.7 Å². The topological polar surface area (TPSA) is 30.8 Å². The van der Waals surface area contributed by atoms with Gasteiger partial charge in [0.1, 0.15) is 0 Å². The molecule has 0 fully saturated rings. The summed E-state index contributed by atoms with van der Waals surface area (Å²) in [4.78, 5) is 14.4. The van der Waals surface area contributed by atoms with E-state index in [2.05, 4.69) is 27.7 Å². The molecule has 122 valence electrons. The molecule has 0 aliphatic rings. The number of hydrogen-bond donors (Lipinski definition) is 0. The second kappa shape index (κ2) is 9.18. The minimum Gasteiger partial charge on any atom is -0.284 e. The third-order valence-electron chi connectivity index (χ3n) is 3.50. The SMILES string of the molecule is COOCCC(N=Cc1ccccc1)c1cc(Cl)cc(Br)c1C. The maximum absolute atomic E-state index is 6.21. The maximum atomic E-state index is 6.21. The summed E-state index contributed by atoms with van der Waals surface area (Å²) in [5.74, 6) is 0. The van der Waals surface area contributed by atoms with E-state index in [1.54, 1.807) is 0 Å². The van der Waals surface area contributed by atoms with Crippen LogP contribution in [0.3, 0.4) is 0 Å². The van der Waals surface area contributed by atoms with E-state index < -0.39 is 0 Å². The third-order valence-corrected chi connectivity index (χ3v) is 4.55. The van der Waals surface area contributed by atoms with E-state index in [0.29, 0.717) is 18.1 Å². The highest BCUT2D eigenvalue weighted by Gasteiger charge is 2.15. The first-order valence-corrected chi connectivity index (χ1v) is 8.48. The fraction of sp³-hybridized carbons (Fsp3) is 0.278. The van der Waals surface area contributed by atoms with Gasteiger partial charge in [-0.15, -0.1) is 0 Å². The lowest BCUT2D eigenvalue weighted by molar-refractivity contribution is -0.273. The van der Waals surface area contributed by atoms with E-state index in [-0.39, 0.29) is 6.04 Å². The van der Waals surface area contributed by atoms with Gasteiger partial charge in [0.15, 0.2) is 0 Å². The molecule has 0 aliphatic carbocycles. The minimum atomic E-state index is -0.0552. The third kappa shape index (κ3) is 5.43. The second-order valence-corrected chi connectivity index (χ2v) is 6.37. The van der Waals surface area contributed by atoms with E-state index in [9.17, 15) is 0 Å². The standard InChI is InChI=1S/C18H19BrClNO2/c1-13-16(10-15(20)11-17(13)19)18(8-9-23-22-2)21-12-14-6-4-3-5-7-14/h3-7,10-12,18H,8-9H2,1-2H3. The van der Waals surface area contributed by atoms with Crippen LogP contribution in [0.2, 0.25) is 5.02 Å². The average Bonchev–Trinajstić information content (AvgIpc) is 2.55. The van der Waals surface area contributed by atoms with Crippen molar-refractivity contribution in [1.82, 2.24) is 0 Å². The van der Waals surface area contributed by atoms with Crippen LogP contribution in [0.25, 0.3) is 0 Å². The minimum absolute atomic E-state index is 0.0552. The van der Waals surface area contributed by atoms with Crippen molar-refractivity contribution in [2.24, 2.45) is 4.99 Å². The lowest BCUT2D eigenvalue weighted by Gasteiger charge is -2.17. The molecular formula is C18H19BrClNO2. The first kappa shape index (κ1) is 18.1. The van der Waals surface area contributed by atoms with Crippen LogP contribution in [0.4, 0.5) is 0 Å². The molecule has 2 aromatic carbocycles. The van der Waals surface area contributed by atoms with Crippen molar-refractivity contribution in [3.63, 3.8) is 0 Å². The smallest absolute Gasteiger partial charge is 0.0845 e. The number of halogens is 2. The fourth-order valence-corrected chi connectivity index (χ4v) is 3.11. The molecule has 2 aromatic rings. The molecule has 23 heavy (non-hydrogen) atoms. The Morgan fingerprint density at radius 2 is 2.00 bits per heavy atom. The Hall–Kier alpha value is -1.20. The Kier molecular flexibility index (Phi) is 7.24. The summed E-state index contributed by atoms with van der Waals surface area (Å²) in [5, 5.41) is 0.685. The summed E-state index contributed by atoms with van der Waals surface area (Å²) in [6.45, 7) is 2.51. The molecule has 1 atom stereocenters. The summed E-state index contributed by atoms with van der Waals surface area (Å²) >= 11 is 9.76. The molecule has 3 nitrogen and oxygen atoms in total. The molecule has 0 aliphatic heterocycles. The molecular weight excluding hydrogens is 378 g/mol. The van der Waals surface area contributed by atoms with Crippen LogP contribution in [-0.4, -0.2) is 19.9 Å². The van der Waals surface area contributed by atoms with Gasteiger partial charge in [-0.2, -0.15) is 0 Å². The quantitative estimate of drug-likeness (QED) is 0.266. The van der Waals surface area contributed by atoms with Gasteiger partial charge >= 0.3 is 0 Å². The van der Waals surface area contributed by atoms with E-state index in [1.807, 2.05) is 48.7 Å². The normalized spacial score (nSPS) is 12.7. The number of aliphatic imine (C=N–C) groups is 1. The van der Waals surface area contributed by atoms with Gasteiger partial charge in [0.25, 0.3) is 0 Å². The van der Waals surface area contributed by atoms with Crippen molar-refractivity contribution < 1.29 is 9.78 Å². The predicted molar refractivity (Wildman–Crippen MR) is 98.2 cm³/mol. The summed E-state index contributed by atoms with van der Waals surface area (Å²) < 4.78 is 0.979. The lowest BCUT2D eigenvalue weighted by Crippen LogP contribution is -2.05. The molecule has 0 saturated heterocycles. The van der Waals surface area contributed by atoms with Gasteiger partial charge in [0.05, 0.1) is 19.8 Å². The second-order valence-electron chi connectivity index (χ2n) is 5.08. The van der Waals surface area contributed by atoms with E-state index in [0.717, 1.165) is 21.2 Å². The van der Waals surface area contributed by atoms with Gasteiger partial charge in [-0.05, 0) is 35.7 Å². The first-order valence-electron chi connectivity index (χ1n) is 7.31. The first-order chi connectivity index (χ1) is 11.1. The van der Waals surface area contributed by atoms with Crippen LogP contribution in [0.1, 0.15) is 29.2 Å². The highest BCUT2D eigenvalue weighted by molar-refractivity contribution is 9.10. The molecule has 0 radical (unpaired) electrons. The summed E-state index contributed by atoms with van der Waals surface area (Å²) in [7, 11) is 1.50. The van der Waals surface area contributed by atoms with Crippen LogP contribution in [0, 0.1) is 6.92 Å². The van der Waals surface area contributed by atoms with Crippen LogP contribution in [0.15, 0.2) is 51.9 Å². The maximum Gasteiger partial charge on any atom is 0.0845 e. The Bertz CT molecular complexity index is 662. The zero-order valence-electron chi connectivity index (χ0n) is 13.1. The molecule has 0 aromatic heterocycles. The van der Waals surface area contributed by atoms with Gasteiger partial charge in [0.2, 0.25) is 0 Å². The van der Waals surface area contributed by atoms with Crippen molar-refractivity contribution in [3.8, 4) is 0 Å². The molecule has 0 N–H and O–H groups in total. The Labute approximate surface area is 150 Å². The molecule has 0 amide bonds.